The molecule has 1 aromatic rings. The van der Waals surface area contributed by atoms with Gasteiger partial charge in [0.1, 0.15) is 0 Å². The van der Waals surface area contributed by atoms with Gasteiger partial charge in [0.15, 0.2) is 5.75 Å². The third-order valence-corrected chi connectivity index (χ3v) is 3.21. The fourth-order valence-corrected chi connectivity index (χ4v) is 2.24. The van der Waals surface area contributed by atoms with Crippen LogP contribution in [0.1, 0.15) is 19.3 Å². The number of anilines is 1. The van der Waals surface area contributed by atoms with Gasteiger partial charge < -0.3 is 15.2 Å². The number of nitrogens with one attached hydrogen (secondary N) is 1. The highest BCUT2D eigenvalue weighted by Crippen LogP contribution is 2.31. The molecule has 6 nitrogen and oxygen atoms in total. The number of aliphatic hydroxyl groups is 1. The van der Waals surface area contributed by atoms with E-state index in [1.54, 1.807) is 12.1 Å². The van der Waals surface area contributed by atoms with Crippen molar-refractivity contribution in [1.82, 2.24) is 0 Å². The maximum absolute atomic E-state index is 10.8. The zero-order chi connectivity index (χ0) is 13.1. The minimum atomic E-state index is -0.479. The summed E-state index contributed by atoms with van der Waals surface area (Å²) in [6.45, 7) is 0. The zero-order valence-corrected chi connectivity index (χ0v) is 10.1. The molecule has 2 rings (SSSR count). The summed E-state index contributed by atoms with van der Waals surface area (Å²) in [5.41, 5.74) is 0.665. The molecule has 2 N–H and O–H groups in total. The van der Waals surface area contributed by atoms with Crippen LogP contribution in [-0.4, -0.2) is 29.3 Å². The smallest absolute Gasteiger partial charge is 0.311 e. The van der Waals surface area contributed by atoms with Crippen LogP contribution in [0, 0.1) is 10.1 Å². The highest BCUT2D eigenvalue weighted by Gasteiger charge is 2.25. The first kappa shape index (κ1) is 12.6. The summed E-state index contributed by atoms with van der Waals surface area (Å²) in [7, 11) is 1.40. The van der Waals surface area contributed by atoms with Crippen molar-refractivity contribution in [2.24, 2.45) is 0 Å². The molecular formula is C12H16N2O4. The minimum Gasteiger partial charge on any atom is -0.490 e. The number of rotatable bonds is 4. The number of nitrogens with zero attached hydrogens (tertiary/aromatic N) is 1. The van der Waals surface area contributed by atoms with Crippen molar-refractivity contribution >= 4 is 11.4 Å². The molecule has 0 saturated heterocycles. The van der Waals surface area contributed by atoms with Gasteiger partial charge in [-0.1, -0.05) is 0 Å². The van der Waals surface area contributed by atoms with Crippen LogP contribution in [0.2, 0.25) is 0 Å². The number of nitro groups is 1. The van der Waals surface area contributed by atoms with E-state index in [9.17, 15) is 15.2 Å². The van der Waals surface area contributed by atoms with Crippen molar-refractivity contribution in [1.29, 1.82) is 0 Å². The fourth-order valence-electron chi connectivity index (χ4n) is 2.24. The van der Waals surface area contributed by atoms with Crippen LogP contribution < -0.4 is 10.1 Å². The molecule has 98 valence electrons. The van der Waals surface area contributed by atoms with Gasteiger partial charge in [-0.2, -0.15) is 0 Å². The Morgan fingerprint density at radius 1 is 1.50 bits per heavy atom. The molecule has 0 spiro atoms. The average molecular weight is 252 g/mol. The summed E-state index contributed by atoms with van der Waals surface area (Å²) in [6.07, 6.45) is 2.33. The standard InChI is InChI=1S/C12H16N2O4/c1-18-12-7-8(5-6-10(12)14(16)17)13-9-3-2-4-11(9)15/h5-7,9,11,13,15H,2-4H2,1H3/t9-,11-/m1/s1. The van der Waals surface area contributed by atoms with Crippen LogP contribution in [0.4, 0.5) is 11.4 Å². The van der Waals surface area contributed by atoms with E-state index in [4.69, 9.17) is 4.74 Å². The molecule has 1 saturated carbocycles. The van der Waals surface area contributed by atoms with Gasteiger partial charge in [-0.3, -0.25) is 10.1 Å². The second kappa shape index (κ2) is 5.22. The summed E-state index contributed by atoms with van der Waals surface area (Å²) in [6, 6.07) is 4.63. The quantitative estimate of drug-likeness (QED) is 0.631. The molecule has 0 aromatic heterocycles. The van der Waals surface area contributed by atoms with E-state index in [-0.39, 0.29) is 23.6 Å². The molecule has 1 fully saturated rings. The number of methoxy groups -OCH3 is 1. The number of hydrogen-bond donors (Lipinski definition) is 2. The van der Waals surface area contributed by atoms with Crippen molar-refractivity contribution in [3.63, 3.8) is 0 Å². The Kier molecular flexibility index (Phi) is 3.66. The van der Waals surface area contributed by atoms with Crippen LogP contribution in [0.5, 0.6) is 5.75 Å². The molecule has 0 heterocycles. The molecule has 1 aliphatic carbocycles. The summed E-state index contributed by atoms with van der Waals surface area (Å²) >= 11 is 0. The monoisotopic (exact) mass is 252 g/mol. The molecule has 6 heteroatoms. The first-order valence-electron chi connectivity index (χ1n) is 5.89. The Morgan fingerprint density at radius 2 is 2.28 bits per heavy atom. The van der Waals surface area contributed by atoms with Crippen molar-refractivity contribution in [2.45, 2.75) is 31.4 Å². The van der Waals surface area contributed by atoms with Gasteiger partial charge in [-0.05, 0) is 25.3 Å². The molecule has 2 atom stereocenters. The van der Waals surface area contributed by atoms with Crippen LogP contribution in [0.3, 0.4) is 0 Å². The lowest BCUT2D eigenvalue weighted by atomic mass is 10.2. The van der Waals surface area contributed by atoms with Crippen molar-refractivity contribution in [3.05, 3.63) is 28.3 Å². The normalized spacial score (nSPS) is 22.8. The second-order valence-electron chi connectivity index (χ2n) is 4.39. The predicted octanol–water partition coefficient (Wildman–Crippen LogP) is 1.93. The van der Waals surface area contributed by atoms with E-state index in [2.05, 4.69) is 5.32 Å². The molecule has 18 heavy (non-hydrogen) atoms. The SMILES string of the molecule is COc1cc(N[C@@H]2CCC[C@H]2O)ccc1[N+](=O)[O-]. The molecule has 1 aromatic carbocycles. The molecule has 1 aliphatic rings. The van der Waals surface area contributed by atoms with Gasteiger partial charge in [0.05, 0.1) is 24.2 Å². The molecule has 0 bridgehead atoms. The van der Waals surface area contributed by atoms with Gasteiger partial charge in [0, 0.05) is 17.8 Å². The lowest BCUT2D eigenvalue weighted by molar-refractivity contribution is -0.385. The average Bonchev–Trinajstić information content (AvgIpc) is 2.74. The van der Waals surface area contributed by atoms with E-state index < -0.39 is 4.92 Å². The molecule has 0 radical (unpaired) electrons. The van der Waals surface area contributed by atoms with Crippen molar-refractivity contribution in [2.75, 3.05) is 12.4 Å². The van der Waals surface area contributed by atoms with E-state index in [1.807, 2.05) is 0 Å². The first-order chi connectivity index (χ1) is 8.61. The summed E-state index contributed by atoms with van der Waals surface area (Å²) in [5, 5.41) is 23.7. The van der Waals surface area contributed by atoms with E-state index in [1.165, 1.54) is 13.2 Å². The maximum Gasteiger partial charge on any atom is 0.311 e. The predicted molar refractivity (Wildman–Crippen MR) is 66.9 cm³/mol. The third kappa shape index (κ3) is 2.53. The van der Waals surface area contributed by atoms with E-state index >= 15 is 0 Å². The first-order valence-corrected chi connectivity index (χ1v) is 5.89. The number of aliphatic hydroxyl groups excluding tert-OH is 1. The summed E-state index contributed by atoms with van der Waals surface area (Å²) in [5.74, 6) is 0.220. The van der Waals surface area contributed by atoms with E-state index in [0.717, 1.165) is 24.9 Å². The Hall–Kier alpha value is -1.82. The van der Waals surface area contributed by atoms with Crippen LogP contribution in [-0.2, 0) is 0 Å². The zero-order valence-electron chi connectivity index (χ0n) is 10.1. The number of nitro benzene ring substituents is 1. The Labute approximate surface area is 105 Å². The van der Waals surface area contributed by atoms with Gasteiger partial charge in [0.2, 0.25) is 0 Å². The molecule has 0 unspecified atom stereocenters. The van der Waals surface area contributed by atoms with Crippen LogP contribution >= 0.6 is 0 Å². The van der Waals surface area contributed by atoms with Gasteiger partial charge in [-0.25, -0.2) is 0 Å². The summed E-state index contributed by atoms with van der Waals surface area (Å²) in [4.78, 5) is 10.3. The van der Waals surface area contributed by atoms with Crippen LogP contribution in [0.15, 0.2) is 18.2 Å². The highest BCUT2D eigenvalue weighted by atomic mass is 16.6. The van der Waals surface area contributed by atoms with Gasteiger partial charge >= 0.3 is 5.69 Å². The number of hydrogen-bond acceptors (Lipinski definition) is 5. The topological polar surface area (TPSA) is 84.6 Å². The molecular weight excluding hydrogens is 236 g/mol. The minimum absolute atomic E-state index is 0.0103. The third-order valence-electron chi connectivity index (χ3n) is 3.21. The number of ether oxygens (including phenoxy) is 1. The van der Waals surface area contributed by atoms with E-state index in [0.29, 0.717) is 0 Å². The lowest BCUT2D eigenvalue weighted by Gasteiger charge is -2.18. The summed E-state index contributed by atoms with van der Waals surface area (Å²) < 4.78 is 4.99. The van der Waals surface area contributed by atoms with Crippen LogP contribution in [0.25, 0.3) is 0 Å². The highest BCUT2D eigenvalue weighted by molar-refractivity contribution is 5.58. The molecule has 0 aliphatic heterocycles. The van der Waals surface area contributed by atoms with Gasteiger partial charge in [-0.15, -0.1) is 0 Å². The Bertz CT molecular complexity index is 450. The van der Waals surface area contributed by atoms with Gasteiger partial charge in [0.25, 0.3) is 0 Å². The second-order valence-corrected chi connectivity index (χ2v) is 4.39. The van der Waals surface area contributed by atoms with Crippen molar-refractivity contribution in [3.8, 4) is 5.75 Å². The Balaban J connectivity index is 2.17. The Morgan fingerprint density at radius 3 is 2.83 bits per heavy atom. The largest absolute Gasteiger partial charge is 0.490 e. The lowest BCUT2D eigenvalue weighted by Crippen LogP contribution is -2.27. The fraction of sp³-hybridized carbons (Fsp3) is 0.500. The van der Waals surface area contributed by atoms with Crippen molar-refractivity contribution < 1.29 is 14.8 Å². The molecule has 0 amide bonds. The number of benzene rings is 1. The maximum atomic E-state index is 10.8.